The number of rotatable bonds is 10. The van der Waals surface area contributed by atoms with E-state index in [4.69, 9.17) is 9.84 Å². The van der Waals surface area contributed by atoms with Crippen molar-refractivity contribution in [1.29, 1.82) is 0 Å². The van der Waals surface area contributed by atoms with Crippen LogP contribution in [0.15, 0.2) is 54.6 Å². The molecular formula is C20H19NO6. The zero-order valence-corrected chi connectivity index (χ0v) is 14.5. The summed E-state index contributed by atoms with van der Waals surface area (Å²) < 4.78 is 5.61. The molecular weight excluding hydrogens is 350 g/mol. The number of nitro groups is 1. The van der Waals surface area contributed by atoms with Crippen molar-refractivity contribution in [1.82, 2.24) is 0 Å². The van der Waals surface area contributed by atoms with Crippen LogP contribution in [0.3, 0.4) is 0 Å². The first-order valence-electron chi connectivity index (χ1n) is 8.33. The van der Waals surface area contributed by atoms with Crippen molar-refractivity contribution in [3.05, 3.63) is 75.8 Å². The van der Waals surface area contributed by atoms with Crippen molar-refractivity contribution in [2.75, 3.05) is 6.61 Å². The number of benzene rings is 2. The fourth-order valence-corrected chi connectivity index (χ4v) is 2.37. The van der Waals surface area contributed by atoms with Crippen LogP contribution < -0.4 is 4.74 Å². The third-order valence-corrected chi connectivity index (χ3v) is 3.73. The first-order chi connectivity index (χ1) is 13.0. The highest BCUT2D eigenvalue weighted by Crippen LogP contribution is 2.20. The summed E-state index contributed by atoms with van der Waals surface area (Å²) in [5, 5.41) is 19.5. The lowest BCUT2D eigenvalue weighted by atomic mass is 10.1. The van der Waals surface area contributed by atoms with E-state index in [9.17, 15) is 19.7 Å². The molecule has 0 aromatic heterocycles. The van der Waals surface area contributed by atoms with E-state index in [0.717, 1.165) is 5.56 Å². The van der Waals surface area contributed by atoms with Crippen LogP contribution in [0, 0.1) is 10.1 Å². The van der Waals surface area contributed by atoms with Crippen LogP contribution in [0.25, 0.3) is 6.08 Å². The van der Waals surface area contributed by atoms with E-state index in [1.54, 1.807) is 36.4 Å². The topological polar surface area (TPSA) is 107 Å². The van der Waals surface area contributed by atoms with E-state index in [2.05, 4.69) is 0 Å². The van der Waals surface area contributed by atoms with E-state index in [-0.39, 0.29) is 30.9 Å². The fraction of sp³-hybridized carbons (Fsp3) is 0.200. The lowest BCUT2D eigenvalue weighted by Crippen LogP contribution is -2.06. The summed E-state index contributed by atoms with van der Waals surface area (Å²) in [5.74, 6) is -0.495. The molecule has 0 aliphatic rings. The number of allylic oxidation sites excluding steroid dienone is 1. The van der Waals surface area contributed by atoms with Gasteiger partial charge in [0.15, 0.2) is 5.78 Å². The molecule has 0 radical (unpaired) electrons. The molecule has 0 saturated heterocycles. The summed E-state index contributed by atoms with van der Waals surface area (Å²) in [7, 11) is 0. The van der Waals surface area contributed by atoms with E-state index in [1.165, 1.54) is 24.3 Å². The number of hydrogen-bond acceptors (Lipinski definition) is 5. The molecule has 0 aliphatic carbocycles. The van der Waals surface area contributed by atoms with E-state index in [0.29, 0.717) is 17.7 Å². The van der Waals surface area contributed by atoms with Gasteiger partial charge in [-0.05, 0) is 29.7 Å². The predicted octanol–water partition coefficient (Wildman–Crippen LogP) is 3.66. The lowest BCUT2D eigenvalue weighted by molar-refractivity contribution is -0.384. The number of carbonyl (C=O) groups excluding carboxylic acids is 1. The number of carboxylic acids is 1. The second kappa shape index (κ2) is 9.86. The quantitative estimate of drug-likeness (QED) is 0.389. The van der Waals surface area contributed by atoms with E-state index in [1.807, 2.05) is 0 Å². The number of hydrogen-bond donors (Lipinski definition) is 1. The molecule has 140 valence electrons. The SMILES string of the molecule is O=C(O)CCc1ccccc1OCCC(=O)C=Cc1cccc([N+](=O)[O-])c1. The van der Waals surface area contributed by atoms with Gasteiger partial charge >= 0.3 is 5.97 Å². The molecule has 0 bridgehead atoms. The molecule has 1 N–H and O–H groups in total. The average Bonchev–Trinajstić information content (AvgIpc) is 2.65. The van der Waals surface area contributed by atoms with Crippen molar-refractivity contribution in [2.45, 2.75) is 19.3 Å². The number of ether oxygens (including phenoxy) is 1. The number of carboxylic acid groups (broad SMARTS) is 1. The van der Waals surface area contributed by atoms with Gasteiger partial charge in [-0.2, -0.15) is 0 Å². The molecule has 0 atom stereocenters. The van der Waals surface area contributed by atoms with Gasteiger partial charge in [0.1, 0.15) is 5.75 Å². The van der Waals surface area contributed by atoms with Crippen LogP contribution >= 0.6 is 0 Å². The van der Waals surface area contributed by atoms with Crippen molar-refractivity contribution in [3.8, 4) is 5.75 Å². The minimum Gasteiger partial charge on any atom is -0.493 e. The van der Waals surface area contributed by atoms with Gasteiger partial charge in [-0.1, -0.05) is 36.4 Å². The maximum atomic E-state index is 11.9. The van der Waals surface area contributed by atoms with Crippen molar-refractivity contribution in [3.63, 3.8) is 0 Å². The molecule has 2 aromatic rings. The second-order valence-corrected chi connectivity index (χ2v) is 5.75. The van der Waals surface area contributed by atoms with Crippen molar-refractivity contribution in [2.24, 2.45) is 0 Å². The standard InChI is InChI=1S/C20H19NO6/c22-18(10-8-15-4-3-6-17(14-15)21(25)26)12-13-27-19-7-2-1-5-16(19)9-11-20(23)24/h1-8,10,14H,9,11-13H2,(H,23,24). The minimum absolute atomic E-state index is 0.00521. The van der Waals surface area contributed by atoms with Gasteiger partial charge in [-0.25, -0.2) is 0 Å². The van der Waals surface area contributed by atoms with Crippen LogP contribution in [0.5, 0.6) is 5.75 Å². The Bertz CT molecular complexity index is 859. The van der Waals surface area contributed by atoms with E-state index < -0.39 is 10.9 Å². The Hall–Kier alpha value is -3.48. The molecule has 0 amide bonds. The first-order valence-corrected chi connectivity index (χ1v) is 8.33. The number of ketones is 1. The van der Waals surface area contributed by atoms with Gasteiger partial charge in [0.05, 0.1) is 11.5 Å². The molecule has 0 unspecified atom stereocenters. The molecule has 27 heavy (non-hydrogen) atoms. The van der Waals surface area contributed by atoms with E-state index >= 15 is 0 Å². The van der Waals surface area contributed by atoms with Crippen LogP contribution in [-0.4, -0.2) is 28.4 Å². The summed E-state index contributed by atoms with van der Waals surface area (Å²) in [6.45, 7) is 0.155. The van der Waals surface area contributed by atoms with Crippen LogP contribution in [0.4, 0.5) is 5.69 Å². The molecule has 2 aromatic carbocycles. The van der Waals surface area contributed by atoms with Gasteiger partial charge in [-0.15, -0.1) is 0 Å². The Balaban J connectivity index is 1.87. The Morgan fingerprint density at radius 3 is 2.63 bits per heavy atom. The maximum absolute atomic E-state index is 11.9. The van der Waals surface area contributed by atoms with Gasteiger partial charge < -0.3 is 9.84 Å². The number of aryl methyl sites for hydroxylation is 1. The number of non-ortho nitro benzene ring substituents is 1. The third kappa shape index (κ3) is 6.74. The van der Waals surface area contributed by atoms with Crippen LogP contribution in [-0.2, 0) is 16.0 Å². The molecule has 0 heterocycles. The summed E-state index contributed by atoms with van der Waals surface area (Å²) in [6, 6.07) is 13.1. The molecule has 2 rings (SSSR count). The van der Waals surface area contributed by atoms with Crippen LogP contribution in [0.1, 0.15) is 24.0 Å². The highest BCUT2D eigenvalue weighted by molar-refractivity contribution is 5.93. The Labute approximate surface area is 156 Å². The highest BCUT2D eigenvalue weighted by atomic mass is 16.6. The fourth-order valence-electron chi connectivity index (χ4n) is 2.37. The summed E-state index contributed by atoms with van der Waals surface area (Å²) in [6.07, 6.45) is 3.38. The number of carbonyl (C=O) groups is 2. The number of para-hydroxylation sites is 1. The molecule has 0 aliphatic heterocycles. The number of aliphatic carboxylic acids is 1. The Morgan fingerprint density at radius 2 is 1.89 bits per heavy atom. The molecule has 7 nitrogen and oxygen atoms in total. The minimum atomic E-state index is -0.883. The summed E-state index contributed by atoms with van der Waals surface area (Å²) in [5.41, 5.74) is 1.31. The average molecular weight is 369 g/mol. The zero-order chi connectivity index (χ0) is 19.6. The molecule has 0 saturated carbocycles. The number of nitro benzene ring substituents is 1. The molecule has 0 fully saturated rings. The lowest BCUT2D eigenvalue weighted by Gasteiger charge is -2.10. The third-order valence-electron chi connectivity index (χ3n) is 3.73. The number of nitrogens with zero attached hydrogens (tertiary/aromatic N) is 1. The maximum Gasteiger partial charge on any atom is 0.303 e. The summed E-state index contributed by atoms with van der Waals surface area (Å²) in [4.78, 5) is 32.9. The van der Waals surface area contributed by atoms with Gasteiger partial charge in [0.25, 0.3) is 5.69 Å². The highest BCUT2D eigenvalue weighted by Gasteiger charge is 2.07. The van der Waals surface area contributed by atoms with Gasteiger partial charge in [-0.3, -0.25) is 19.7 Å². The largest absolute Gasteiger partial charge is 0.493 e. The summed E-state index contributed by atoms with van der Waals surface area (Å²) >= 11 is 0. The Morgan fingerprint density at radius 1 is 1.11 bits per heavy atom. The van der Waals surface area contributed by atoms with Gasteiger partial charge in [0.2, 0.25) is 0 Å². The zero-order valence-electron chi connectivity index (χ0n) is 14.5. The smallest absolute Gasteiger partial charge is 0.303 e. The second-order valence-electron chi connectivity index (χ2n) is 5.75. The first kappa shape index (κ1) is 19.8. The Kier molecular flexibility index (Phi) is 7.25. The van der Waals surface area contributed by atoms with Gasteiger partial charge in [0, 0.05) is 25.0 Å². The van der Waals surface area contributed by atoms with Crippen molar-refractivity contribution >= 4 is 23.5 Å². The van der Waals surface area contributed by atoms with Crippen molar-refractivity contribution < 1.29 is 24.4 Å². The molecule has 0 spiro atoms. The van der Waals surface area contributed by atoms with Crippen LogP contribution in [0.2, 0.25) is 0 Å². The predicted molar refractivity (Wildman–Crippen MR) is 99.6 cm³/mol. The normalized spacial score (nSPS) is 10.7. The monoisotopic (exact) mass is 369 g/mol. The molecule has 7 heteroatoms.